The van der Waals surface area contributed by atoms with Crippen LogP contribution in [0.5, 0.6) is 0 Å². The molecule has 2 atom stereocenters. The van der Waals surface area contributed by atoms with Gasteiger partial charge in [-0.15, -0.1) is 0 Å². The summed E-state index contributed by atoms with van der Waals surface area (Å²) >= 11 is 0. The Morgan fingerprint density at radius 3 is 2.00 bits per heavy atom. The van der Waals surface area contributed by atoms with Crippen molar-refractivity contribution in [3.63, 3.8) is 0 Å². The summed E-state index contributed by atoms with van der Waals surface area (Å²) in [5.41, 5.74) is 0. The highest BCUT2D eigenvalue weighted by molar-refractivity contribution is 5.66. The van der Waals surface area contributed by atoms with Crippen LogP contribution in [0.3, 0.4) is 0 Å². The van der Waals surface area contributed by atoms with Gasteiger partial charge in [-0.1, -0.05) is 0 Å². The molecular formula is C7H13NO2. The summed E-state index contributed by atoms with van der Waals surface area (Å²) in [6, 6.07) is 0.431. The summed E-state index contributed by atoms with van der Waals surface area (Å²) in [4.78, 5) is 12.1. The van der Waals surface area contributed by atoms with Gasteiger partial charge in [-0.2, -0.15) is 0 Å². The minimum absolute atomic E-state index is 0.215. The Morgan fingerprint density at radius 1 is 1.40 bits per heavy atom. The van der Waals surface area contributed by atoms with Crippen molar-refractivity contribution in [1.29, 1.82) is 0 Å². The molecule has 0 aromatic carbocycles. The first-order valence-electron chi connectivity index (χ1n) is 3.64. The fourth-order valence-corrected chi connectivity index (χ4v) is 1.57. The number of carboxylic acid groups (broad SMARTS) is 1. The van der Waals surface area contributed by atoms with Crippen molar-refractivity contribution in [2.24, 2.45) is 0 Å². The molecule has 2 unspecified atom stereocenters. The molecule has 58 valence electrons. The predicted molar refractivity (Wildman–Crippen MR) is 38.0 cm³/mol. The number of amides is 1. The number of likely N-dealkylation sites (tertiary alicyclic amines) is 1. The van der Waals surface area contributed by atoms with Crippen LogP contribution in [-0.2, 0) is 0 Å². The molecule has 1 N–H and O–H groups in total. The second-order valence-electron chi connectivity index (χ2n) is 2.97. The topological polar surface area (TPSA) is 40.5 Å². The molecule has 10 heavy (non-hydrogen) atoms. The molecule has 1 heterocycles. The summed E-state index contributed by atoms with van der Waals surface area (Å²) < 4.78 is 0. The molecule has 1 rings (SSSR count). The van der Waals surface area contributed by atoms with Crippen LogP contribution in [-0.4, -0.2) is 28.2 Å². The van der Waals surface area contributed by atoms with Crippen molar-refractivity contribution >= 4 is 6.09 Å². The summed E-state index contributed by atoms with van der Waals surface area (Å²) in [5.74, 6) is 0. The van der Waals surface area contributed by atoms with Crippen LogP contribution in [0.4, 0.5) is 4.79 Å². The largest absolute Gasteiger partial charge is 0.465 e. The standard InChI is InChI=1S/C7H13NO2/c1-5-3-4-6(2)8(5)7(9)10/h5-6H,3-4H2,1-2H3,(H,9,10). The monoisotopic (exact) mass is 143 g/mol. The summed E-state index contributed by atoms with van der Waals surface area (Å²) in [6.45, 7) is 3.91. The van der Waals surface area contributed by atoms with Gasteiger partial charge in [0.15, 0.2) is 0 Å². The van der Waals surface area contributed by atoms with Crippen molar-refractivity contribution in [2.75, 3.05) is 0 Å². The Morgan fingerprint density at radius 2 is 1.80 bits per heavy atom. The van der Waals surface area contributed by atoms with Crippen LogP contribution >= 0.6 is 0 Å². The number of hydrogen-bond acceptors (Lipinski definition) is 1. The van der Waals surface area contributed by atoms with E-state index in [9.17, 15) is 4.79 Å². The second kappa shape index (κ2) is 2.48. The molecule has 0 aromatic rings. The Balaban J connectivity index is 2.63. The van der Waals surface area contributed by atoms with E-state index < -0.39 is 6.09 Å². The molecular weight excluding hydrogens is 130 g/mol. The lowest BCUT2D eigenvalue weighted by atomic mass is 10.2. The highest BCUT2D eigenvalue weighted by atomic mass is 16.4. The predicted octanol–water partition coefficient (Wildman–Crippen LogP) is 1.54. The third kappa shape index (κ3) is 1.08. The van der Waals surface area contributed by atoms with Crippen LogP contribution in [0.2, 0.25) is 0 Å². The third-order valence-electron chi connectivity index (χ3n) is 2.17. The van der Waals surface area contributed by atoms with Gasteiger partial charge in [0.25, 0.3) is 0 Å². The van der Waals surface area contributed by atoms with Gasteiger partial charge in [-0.3, -0.25) is 0 Å². The van der Waals surface area contributed by atoms with Gasteiger partial charge in [0.2, 0.25) is 0 Å². The van der Waals surface area contributed by atoms with E-state index >= 15 is 0 Å². The fourth-order valence-electron chi connectivity index (χ4n) is 1.57. The molecule has 0 radical (unpaired) electrons. The van der Waals surface area contributed by atoms with Gasteiger partial charge in [-0.05, 0) is 26.7 Å². The minimum atomic E-state index is -0.780. The zero-order chi connectivity index (χ0) is 7.72. The number of nitrogens with zero attached hydrogens (tertiary/aromatic N) is 1. The number of carbonyl (C=O) groups is 1. The molecule has 3 heteroatoms. The fraction of sp³-hybridized carbons (Fsp3) is 0.857. The summed E-state index contributed by atoms with van der Waals surface area (Å²) in [6.07, 6.45) is 1.23. The maximum Gasteiger partial charge on any atom is 0.407 e. The molecule has 0 saturated carbocycles. The Labute approximate surface area is 60.6 Å². The first-order valence-corrected chi connectivity index (χ1v) is 3.64. The lowest BCUT2D eigenvalue weighted by Crippen LogP contribution is -2.37. The minimum Gasteiger partial charge on any atom is -0.465 e. The highest BCUT2D eigenvalue weighted by Crippen LogP contribution is 2.22. The molecule has 1 aliphatic heterocycles. The molecule has 0 aliphatic carbocycles. The van der Waals surface area contributed by atoms with Crippen LogP contribution in [0, 0.1) is 0 Å². The second-order valence-corrected chi connectivity index (χ2v) is 2.97. The normalized spacial score (nSPS) is 32.8. The number of hydrogen-bond donors (Lipinski definition) is 1. The molecule has 1 saturated heterocycles. The average Bonchev–Trinajstić information content (AvgIpc) is 2.11. The Bertz CT molecular complexity index is 137. The van der Waals surface area contributed by atoms with Gasteiger partial charge in [-0.25, -0.2) is 4.79 Å². The van der Waals surface area contributed by atoms with Crippen molar-refractivity contribution in [1.82, 2.24) is 4.90 Å². The maximum atomic E-state index is 10.5. The molecule has 1 amide bonds. The average molecular weight is 143 g/mol. The van der Waals surface area contributed by atoms with Gasteiger partial charge in [0, 0.05) is 12.1 Å². The lowest BCUT2D eigenvalue weighted by Gasteiger charge is -2.21. The van der Waals surface area contributed by atoms with Crippen LogP contribution < -0.4 is 0 Å². The molecule has 1 aliphatic rings. The summed E-state index contributed by atoms with van der Waals surface area (Å²) in [5, 5.41) is 8.68. The first-order chi connectivity index (χ1) is 4.63. The first kappa shape index (κ1) is 7.38. The third-order valence-corrected chi connectivity index (χ3v) is 2.17. The summed E-state index contributed by atoms with van der Waals surface area (Å²) in [7, 11) is 0. The molecule has 3 nitrogen and oxygen atoms in total. The van der Waals surface area contributed by atoms with Crippen molar-refractivity contribution in [3.05, 3.63) is 0 Å². The zero-order valence-electron chi connectivity index (χ0n) is 6.37. The quantitative estimate of drug-likeness (QED) is 0.558. The number of rotatable bonds is 0. The van der Waals surface area contributed by atoms with Gasteiger partial charge < -0.3 is 10.0 Å². The van der Waals surface area contributed by atoms with Crippen LogP contribution in [0.1, 0.15) is 26.7 Å². The van der Waals surface area contributed by atoms with E-state index in [0.29, 0.717) is 0 Å². The van der Waals surface area contributed by atoms with E-state index in [1.54, 1.807) is 0 Å². The molecule has 0 aromatic heterocycles. The van der Waals surface area contributed by atoms with Gasteiger partial charge in [0.05, 0.1) is 0 Å². The highest BCUT2D eigenvalue weighted by Gasteiger charge is 2.30. The Hall–Kier alpha value is -0.730. The zero-order valence-corrected chi connectivity index (χ0v) is 6.37. The van der Waals surface area contributed by atoms with E-state index in [4.69, 9.17) is 5.11 Å². The smallest absolute Gasteiger partial charge is 0.407 e. The van der Waals surface area contributed by atoms with Gasteiger partial charge >= 0.3 is 6.09 Å². The Kier molecular flexibility index (Phi) is 1.83. The van der Waals surface area contributed by atoms with E-state index in [1.807, 2.05) is 13.8 Å². The van der Waals surface area contributed by atoms with Gasteiger partial charge in [0.1, 0.15) is 0 Å². The molecule has 0 spiro atoms. The van der Waals surface area contributed by atoms with Crippen molar-refractivity contribution < 1.29 is 9.90 Å². The van der Waals surface area contributed by atoms with E-state index in [2.05, 4.69) is 0 Å². The lowest BCUT2D eigenvalue weighted by molar-refractivity contribution is 0.129. The maximum absolute atomic E-state index is 10.5. The molecule has 1 fully saturated rings. The van der Waals surface area contributed by atoms with Crippen LogP contribution in [0.15, 0.2) is 0 Å². The van der Waals surface area contributed by atoms with Crippen LogP contribution in [0.25, 0.3) is 0 Å². The van der Waals surface area contributed by atoms with E-state index in [1.165, 1.54) is 4.90 Å². The molecule has 0 bridgehead atoms. The van der Waals surface area contributed by atoms with Crippen molar-refractivity contribution in [2.45, 2.75) is 38.8 Å². The van der Waals surface area contributed by atoms with Crippen molar-refractivity contribution in [3.8, 4) is 0 Å². The SMILES string of the molecule is CC1CCC(C)N1C(=O)O. The van der Waals surface area contributed by atoms with E-state index in [-0.39, 0.29) is 12.1 Å². The van der Waals surface area contributed by atoms with E-state index in [0.717, 1.165) is 12.8 Å².